The average molecular weight is 537 g/mol. The van der Waals surface area contributed by atoms with Crippen LogP contribution in [0.3, 0.4) is 0 Å². The van der Waals surface area contributed by atoms with Crippen LogP contribution in [0.1, 0.15) is 50.7 Å². The second kappa shape index (κ2) is 12.9. The topological polar surface area (TPSA) is 72.8 Å². The molecule has 3 N–H and O–H groups in total. The minimum absolute atomic E-state index is 0. The van der Waals surface area contributed by atoms with Gasteiger partial charge >= 0.3 is 0 Å². The van der Waals surface area contributed by atoms with E-state index in [1.807, 2.05) is 56.4 Å². The first-order valence-corrected chi connectivity index (χ1v) is 11.1. The predicted molar refractivity (Wildman–Crippen MR) is 139 cm³/mol. The van der Waals surface area contributed by atoms with Crippen molar-refractivity contribution in [3.05, 3.63) is 59.8 Å². The molecule has 1 aromatic heterocycles. The minimum atomic E-state index is -0.978. The molecule has 2 aromatic rings. The van der Waals surface area contributed by atoms with Crippen molar-refractivity contribution < 1.29 is 5.11 Å². The number of nitrogens with zero attached hydrogens (tertiary/aromatic N) is 3. The second-order valence-corrected chi connectivity index (χ2v) is 8.11. The number of rotatable bonds is 7. The van der Waals surface area contributed by atoms with Crippen molar-refractivity contribution in [3.63, 3.8) is 0 Å². The SMILES string of the molecule is CCNC(=NCc1ccnc(N2CCCCCC2)c1)NCC(C)(O)c1ccccc1.I. The lowest BCUT2D eigenvalue weighted by atomic mass is 9.96. The Hall–Kier alpha value is -1.87. The number of nitrogens with one attached hydrogen (secondary N) is 2. The summed E-state index contributed by atoms with van der Waals surface area (Å²) in [5.41, 5.74) is 1.04. The van der Waals surface area contributed by atoms with Crippen molar-refractivity contribution in [2.24, 2.45) is 4.99 Å². The molecule has 3 rings (SSSR count). The molecule has 1 atom stereocenters. The summed E-state index contributed by atoms with van der Waals surface area (Å²) in [7, 11) is 0. The van der Waals surface area contributed by atoms with Crippen LogP contribution in [0.5, 0.6) is 0 Å². The summed E-state index contributed by atoms with van der Waals surface area (Å²) < 4.78 is 0. The van der Waals surface area contributed by atoms with Gasteiger partial charge in [0.1, 0.15) is 11.4 Å². The van der Waals surface area contributed by atoms with E-state index in [0.717, 1.165) is 36.6 Å². The van der Waals surface area contributed by atoms with Crippen LogP contribution in [0.2, 0.25) is 0 Å². The molecule has 0 saturated carbocycles. The van der Waals surface area contributed by atoms with Crippen LogP contribution < -0.4 is 15.5 Å². The molecule has 1 aliphatic rings. The molecule has 31 heavy (non-hydrogen) atoms. The van der Waals surface area contributed by atoms with E-state index in [0.29, 0.717) is 19.0 Å². The molecule has 170 valence electrons. The van der Waals surface area contributed by atoms with Gasteiger partial charge in [-0.05, 0) is 49.9 Å². The number of aliphatic hydroxyl groups is 1. The van der Waals surface area contributed by atoms with E-state index in [2.05, 4.69) is 26.6 Å². The molecule has 1 saturated heterocycles. The highest BCUT2D eigenvalue weighted by molar-refractivity contribution is 14.0. The summed E-state index contributed by atoms with van der Waals surface area (Å²) in [5.74, 6) is 1.75. The first kappa shape index (κ1) is 25.4. The molecule has 7 heteroatoms. The summed E-state index contributed by atoms with van der Waals surface area (Å²) in [6.45, 7) is 7.71. The number of hydrogen-bond acceptors (Lipinski definition) is 4. The maximum Gasteiger partial charge on any atom is 0.191 e. The van der Waals surface area contributed by atoms with Gasteiger partial charge in [-0.3, -0.25) is 0 Å². The van der Waals surface area contributed by atoms with Crippen LogP contribution in [-0.4, -0.2) is 42.2 Å². The third-order valence-electron chi connectivity index (χ3n) is 5.50. The van der Waals surface area contributed by atoms with Gasteiger partial charge < -0.3 is 20.6 Å². The molecular formula is C24H36IN5O. The fourth-order valence-electron chi connectivity index (χ4n) is 3.70. The number of aromatic nitrogens is 1. The first-order valence-electron chi connectivity index (χ1n) is 11.1. The molecule has 0 aliphatic carbocycles. The molecular weight excluding hydrogens is 501 g/mol. The molecule has 0 amide bonds. The van der Waals surface area contributed by atoms with E-state index < -0.39 is 5.60 Å². The number of guanidine groups is 1. The van der Waals surface area contributed by atoms with Crippen molar-refractivity contribution in [1.82, 2.24) is 15.6 Å². The number of anilines is 1. The van der Waals surface area contributed by atoms with E-state index in [-0.39, 0.29) is 24.0 Å². The molecule has 0 spiro atoms. The van der Waals surface area contributed by atoms with Crippen LogP contribution in [0.25, 0.3) is 0 Å². The lowest BCUT2D eigenvalue weighted by Gasteiger charge is -2.25. The molecule has 0 bridgehead atoms. The highest BCUT2D eigenvalue weighted by Crippen LogP contribution is 2.20. The number of hydrogen-bond donors (Lipinski definition) is 3. The molecule has 1 aromatic carbocycles. The van der Waals surface area contributed by atoms with Gasteiger partial charge in [0.05, 0.1) is 13.1 Å². The van der Waals surface area contributed by atoms with Gasteiger partial charge in [-0.1, -0.05) is 43.2 Å². The van der Waals surface area contributed by atoms with Gasteiger partial charge in [0, 0.05) is 25.8 Å². The van der Waals surface area contributed by atoms with Crippen LogP contribution in [0.4, 0.5) is 5.82 Å². The summed E-state index contributed by atoms with van der Waals surface area (Å²) in [5, 5.41) is 17.4. The van der Waals surface area contributed by atoms with E-state index in [1.54, 1.807) is 0 Å². The summed E-state index contributed by atoms with van der Waals surface area (Å²) >= 11 is 0. The zero-order chi connectivity index (χ0) is 21.2. The van der Waals surface area contributed by atoms with E-state index in [9.17, 15) is 5.11 Å². The Kier molecular flexibility index (Phi) is 10.5. The van der Waals surface area contributed by atoms with Gasteiger partial charge in [0.2, 0.25) is 0 Å². The third-order valence-corrected chi connectivity index (χ3v) is 5.50. The van der Waals surface area contributed by atoms with Crippen molar-refractivity contribution in [3.8, 4) is 0 Å². The Balaban J connectivity index is 0.00000341. The highest BCUT2D eigenvalue weighted by Gasteiger charge is 2.23. The van der Waals surface area contributed by atoms with Crippen LogP contribution in [0, 0.1) is 0 Å². The molecule has 1 fully saturated rings. The Labute approximate surface area is 203 Å². The molecule has 1 unspecified atom stereocenters. The van der Waals surface area contributed by atoms with E-state index in [4.69, 9.17) is 4.99 Å². The molecule has 6 nitrogen and oxygen atoms in total. The van der Waals surface area contributed by atoms with Crippen molar-refractivity contribution in [2.75, 3.05) is 31.1 Å². The normalized spacial score (nSPS) is 16.6. The van der Waals surface area contributed by atoms with Crippen LogP contribution >= 0.6 is 24.0 Å². The van der Waals surface area contributed by atoms with Crippen molar-refractivity contribution in [2.45, 2.75) is 51.7 Å². The number of pyridine rings is 1. The zero-order valence-electron chi connectivity index (χ0n) is 18.7. The van der Waals surface area contributed by atoms with Gasteiger partial charge in [-0.25, -0.2) is 9.98 Å². The van der Waals surface area contributed by atoms with Gasteiger partial charge in [0.25, 0.3) is 0 Å². The smallest absolute Gasteiger partial charge is 0.191 e. The Bertz CT molecular complexity index is 805. The quantitative estimate of drug-likeness (QED) is 0.283. The lowest BCUT2D eigenvalue weighted by molar-refractivity contribution is 0.0617. The highest BCUT2D eigenvalue weighted by atomic mass is 127. The fraction of sp³-hybridized carbons (Fsp3) is 0.500. The first-order chi connectivity index (χ1) is 14.6. The number of halogens is 1. The average Bonchev–Trinajstić information content (AvgIpc) is 3.06. The molecule has 0 radical (unpaired) electrons. The van der Waals surface area contributed by atoms with Gasteiger partial charge in [-0.2, -0.15) is 0 Å². The maximum atomic E-state index is 10.8. The van der Waals surface area contributed by atoms with Crippen LogP contribution in [-0.2, 0) is 12.1 Å². The van der Waals surface area contributed by atoms with Gasteiger partial charge in [0.15, 0.2) is 5.96 Å². The van der Waals surface area contributed by atoms with Crippen LogP contribution in [0.15, 0.2) is 53.7 Å². The zero-order valence-corrected chi connectivity index (χ0v) is 21.0. The predicted octanol–water partition coefficient (Wildman–Crippen LogP) is 4.04. The summed E-state index contributed by atoms with van der Waals surface area (Å²) in [4.78, 5) is 11.7. The largest absolute Gasteiger partial charge is 0.384 e. The van der Waals surface area contributed by atoms with E-state index in [1.165, 1.54) is 25.7 Å². The number of aliphatic imine (C=N–C) groups is 1. The summed E-state index contributed by atoms with van der Waals surface area (Å²) in [6, 6.07) is 13.9. The summed E-state index contributed by atoms with van der Waals surface area (Å²) in [6.07, 6.45) is 6.97. The van der Waals surface area contributed by atoms with Crippen molar-refractivity contribution in [1.29, 1.82) is 0 Å². The Morgan fingerprint density at radius 2 is 1.81 bits per heavy atom. The molecule has 2 heterocycles. The Morgan fingerprint density at radius 3 is 2.48 bits per heavy atom. The second-order valence-electron chi connectivity index (χ2n) is 8.11. The lowest BCUT2D eigenvalue weighted by Crippen LogP contribution is -2.44. The van der Waals surface area contributed by atoms with Crippen molar-refractivity contribution >= 4 is 35.8 Å². The number of benzene rings is 1. The van der Waals surface area contributed by atoms with E-state index >= 15 is 0 Å². The third kappa shape index (κ3) is 7.96. The minimum Gasteiger partial charge on any atom is -0.384 e. The molecule has 1 aliphatic heterocycles. The van der Waals surface area contributed by atoms with Gasteiger partial charge in [-0.15, -0.1) is 24.0 Å². The fourth-order valence-corrected chi connectivity index (χ4v) is 3.70. The monoisotopic (exact) mass is 537 g/mol. The Morgan fingerprint density at radius 1 is 1.10 bits per heavy atom. The maximum absolute atomic E-state index is 10.8. The standard InChI is InChI=1S/C24H35N5O.HI/c1-3-25-23(28-19-24(2,30)21-11-7-6-8-12-21)27-18-20-13-14-26-22(17-20)29-15-9-4-5-10-16-29;/h6-8,11-14,17,30H,3-5,9-10,15-16,18-19H2,1-2H3,(H2,25,27,28);1H.